The fourth-order valence-corrected chi connectivity index (χ4v) is 0.959. The summed E-state index contributed by atoms with van der Waals surface area (Å²) in [6, 6.07) is 0. The smallest absolute Gasteiger partial charge is 0.336 e. The Balaban J connectivity index is 3.67. The second-order valence-corrected chi connectivity index (χ2v) is 2.65. The predicted octanol–water partition coefficient (Wildman–Crippen LogP) is 0.511. The van der Waals surface area contributed by atoms with E-state index in [2.05, 4.69) is 12.6 Å². The van der Waals surface area contributed by atoms with Crippen LogP contribution in [0.1, 0.15) is 6.92 Å². The van der Waals surface area contributed by atoms with Crippen LogP contribution in [0.4, 0.5) is 0 Å². The summed E-state index contributed by atoms with van der Waals surface area (Å²) in [6.07, 6.45) is -0.585. The van der Waals surface area contributed by atoms with E-state index in [1.54, 1.807) is 14.0 Å². The summed E-state index contributed by atoms with van der Waals surface area (Å²) < 4.78 is 14.7. The predicted molar refractivity (Wildman–Crippen MR) is 52.1 cm³/mol. The van der Waals surface area contributed by atoms with Crippen molar-refractivity contribution in [2.45, 2.75) is 13.0 Å². The van der Waals surface area contributed by atoms with Crippen LogP contribution in [0.2, 0.25) is 0 Å². The zero-order chi connectivity index (χ0) is 10.1. The lowest BCUT2D eigenvalue weighted by Gasteiger charge is -2.13. The molecule has 0 aromatic carbocycles. The van der Waals surface area contributed by atoms with E-state index in [4.69, 9.17) is 14.2 Å². The summed E-state index contributed by atoms with van der Waals surface area (Å²) >= 11 is 3.98. The fourth-order valence-electron chi connectivity index (χ4n) is 0.704. The summed E-state index contributed by atoms with van der Waals surface area (Å²) in [6.45, 7) is 2.95. The lowest BCUT2D eigenvalue weighted by Crippen LogP contribution is -2.29. The number of methoxy groups -OCH3 is 1. The van der Waals surface area contributed by atoms with Crippen molar-refractivity contribution in [2.75, 3.05) is 32.7 Å². The van der Waals surface area contributed by atoms with E-state index in [0.717, 1.165) is 0 Å². The average Bonchev–Trinajstić information content (AvgIpc) is 2.13. The Morgan fingerprint density at radius 1 is 1.46 bits per heavy atom. The van der Waals surface area contributed by atoms with Crippen molar-refractivity contribution in [1.29, 1.82) is 0 Å². The van der Waals surface area contributed by atoms with Gasteiger partial charge in [-0.1, -0.05) is 0 Å². The first-order valence-corrected chi connectivity index (χ1v) is 4.77. The van der Waals surface area contributed by atoms with Gasteiger partial charge < -0.3 is 14.2 Å². The van der Waals surface area contributed by atoms with Crippen molar-refractivity contribution >= 4 is 18.6 Å². The SMILES string of the molecule is CCOC(=O)C(CS)OCCOC. The highest BCUT2D eigenvalue weighted by Crippen LogP contribution is 1.98. The summed E-state index contributed by atoms with van der Waals surface area (Å²) in [7, 11) is 1.57. The number of carbonyl (C=O) groups excluding carboxylic acids is 1. The van der Waals surface area contributed by atoms with Gasteiger partial charge in [0.15, 0.2) is 6.10 Å². The molecule has 1 unspecified atom stereocenters. The van der Waals surface area contributed by atoms with E-state index in [1.165, 1.54) is 0 Å². The molecule has 4 nitrogen and oxygen atoms in total. The van der Waals surface area contributed by atoms with Gasteiger partial charge in [0.1, 0.15) is 0 Å². The summed E-state index contributed by atoms with van der Waals surface area (Å²) in [5.74, 6) is -0.0451. The highest BCUT2D eigenvalue weighted by atomic mass is 32.1. The molecule has 0 aliphatic carbocycles. The summed E-state index contributed by atoms with van der Waals surface area (Å²) in [5, 5.41) is 0. The molecule has 1 atom stereocenters. The molecule has 0 spiro atoms. The zero-order valence-electron chi connectivity index (χ0n) is 7.99. The normalized spacial score (nSPS) is 12.5. The number of carbonyl (C=O) groups is 1. The molecule has 0 aromatic rings. The molecule has 0 aliphatic heterocycles. The van der Waals surface area contributed by atoms with Crippen LogP contribution in [0, 0.1) is 0 Å². The molecular formula is C8H16O4S. The third-order valence-corrected chi connectivity index (χ3v) is 1.65. The number of esters is 1. The molecule has 78 valence electrons. The molecular weight excluding hydrogens is 192 g/mol. The van der Waals surface area contributed by atoms with Gasteiger partial charge in [-0.2, -0.15) is 12.6 Å². The minimum atomic E-state index is -0.585. The molecule has 0 rings (SSSR count). The van der Waals surface area contributed by atoms with Crippen LogP contribution < -0.4 is 0 Å². The quantitative estimate of drug-likeness (QED) is 0.376. The maximum atomic E-state index is 11.1. The van der Waals surface area contributed by atoms with Gasteiger partial charge in [0.25, 0.3) is 0 Å². The van der Waals surface area contributed by atoms with Crippen molar-refractivity contribution in [3.63, 3.8) is 0 Å². The maximum absolute atomic E-state index is 11.1. The van der Waals surface area contributed by atoms with Crippen molar-refractivity contribution < 1.29 is 19.0 Å². The van der Waals surface area contributed by atoms with Crippen molar-refractivity contribution in [3.8, 4) is 0 Å². The van der Waals surface area contributed by atoms with Gasteiger partial charge >= 0.3 is 5.97 Å². The van der Waals surface area contributed by atoms with Crippen LogP contribution in [0.5, 0.6) is 0 Å². The maximum Gasteiger partial charge on any atom is 0.336 e. The molecule has 0 saturated carbocycles. The first-order chi connectivity index (χ1) is 6.26. The van der Waals surface area contributed by atoms with Crippen LogP contribution in [0.25, 0.3) is 0 Å². The molecule has 0 radical (unpaired) electrons. The van der Waals surface area contributed by atoms with Gasteiger partial charge in [-0.05, 0) is 6.92 Å². The Hall–Kier alpha value is -0.260. The van der Waals surface area contributed by atoms with Crippen LogP contribution in [0.3, 0.4) is 0 Å². The van der Waals surface area contributed by atoms with E-state index >= 15 is 0 Å². The third-order valence-electron chi connectivity index (χ3n) is 1.32. The molecule has 0 heterocycles. The van der Waals surface area contributed by atoms with E-state index in [9.17, 15) is 4.79 Å². The topological polar surface area (TPSA) is 44.8 Å². The Morgan fingerprint density at radius 3 is 2.62 bits per heavy atom. The molecule has 0 amide bonds. The average molecular weight is 208 g/mol. The highest BCUT2D eigenvalue weighted by Gasteiger charge is 2.17. The van der Waals surface area contributed by atoms with Gasteiger partial charge in [0.05, 0.1) is 19.8 Å². The first kappa shape index (κ1) is 12.7. The van der Waals surface area contributed by atoms with Gasteiger partial charge in [-0.25, -0.2) is 4.79 Å². The van der Waals surface area contributed by atoms with Crippen molar-refractivity contribution in [2.24, 2.45) is 0 Å². The Labute approximate surface area is 84.0 Å². The molecule has 13 heavy (non-hydrogen) atoms. The monoisotopic (exact) mass is 208 g/mol. The van der Waals surface area contributed by atoms with Crippen molar-refractivity contribution in [3.05, 3.63) is 0 Å². The standard InChI is InChI=1S/C8H16O4S/c1-3-11-8(9)7(6-13)12-5-4-10-2/h7,13H,3-6H2,1-2H3. The van der Waals surface area contributed by atoms with Crippen molar-refractivity contribution in [1.82, 2.24) is 0 Å². The van der Waals surface area contributed by atoms with E-state index < -0.39 is 6.10 Å². The molecule has 0 saturated heterocycles. The Morgan fingerprint density at radius 2 is 2.15 bits per heavy atom. The number of hydrogen-bond acceptors (Lipinski definition) is 5. The summed E-state index contributed by atoms with van der Waals surface area (Å²) in [5.41, 5.74) is 0. The molecule has 0 N–H and O–H groups in total. The fraction of sp³-hybridized carbons (Fsp3) is 0.875. The highest BCUT2D eigenvalue weighted by molar-refractivity contribution is 7.80. The van der Waals surface area contributed by atoms with E-state index in [0.29, 0.717) is 25.6 Å². The molecule has 0 aromatic heterocycles. The zero-order valence-corrected chi connectivity index (χ0v) is 8.88. The number of rotatable bonds is 7. The van der Waals surface area contributed by atoms with Crippen LogP contribution in [-0.4, -0.2) is 44.8 Å². The van der Waals surface area contributed by atoms with E-state index in [1.807, 2.05) is 0 Å². The Kier molecular flexibility index (Phi) is 8.18. The Bertz CT molecular complexity index is 140. The molecule has 0 bridgehead atoms. The number of hydrogen-bond donors (Lipinski definition) is 1. The largest absolute Gasteiger partial charge is 0.464 e. The lowest BCUT2D eigenvalue weighted by atomic mass is 10.4. The van der Waals surface area contributed by atoms with Gasteiger partial charge in [0.2, 0.25) is 0 Å². The molecule has 0 aliphatic rings. The van der Waals surface area contributed by atoms with Gasteiger partial charge in [-0.15, -0.1) is 0 Å². The van der Waals surface area contributed by atoms with Crippen LogP contribution in [0.15, 0.2) is 0 Å². The van der Waals surface area contributed by atoms with Gasteiger partial charge in [-0.3, -0.25) is 0 Å². The number of thiol groups is 1. The molecule has 0 fully saturated rings. The molecule has 5 heteroatoms. The van der Waals surface area contributed by atoms with E-state index in [-0.39, 0.29) is 5.97 Å². The first-order valence-electron chi connectivity index (χ1n) is 4.14. The second-order valence-electron chi connectivity index (χ2n) is 2.29. The lowest BCUT2D eigenvalue weighted by molar-refractivity contribution is -0.155. The minimum absolute atomic E-state index is 0.322. The van der Waals surface area contributed by atoms with Gasteiger partial charge in [0, 0.05) is 12.9 Å². The van der Waals surface area contributed by atoms with Crippen LogP contribution >= 0.6 is 12.6 Å². The minimum Gasteiger partial charge on any atom is -0.464 e. The second kappa shape index (κ2) is 8.34. The third kappa shape index (κ3) is 5.90. The number of ether oxygens (including phenoxy) is 3. The van der Waals surface area contributed by atoms with Crippen LogP contribution in [-0.2, 0) is 19.0 Å². The summed E-state index contributed by atoms with van der Waals surface area (Å²) in [4.78, 5) is 11.1.